The van der Waals surface area contributed by atoms with Gasteiger partial charge in [-0.25, -0.2) is 4.68 Å². The second kappa shape index (κ2) is 10.0. The fourth-order valence-electron chi connectivity index (χ4n) is 4.37. The third kappa shape index (κ3) is 4.78. The molecule has 2 aromatic carbocycles. The van der Waals surface area contributed by atoms with Gasteiger partial charge in [-0.15, -0.1) is 0 Å². The van der Waals surface area contributed by atoms with Crippen LogP contribution in [0.3, 0.4) is 0 Å². The summed E-state index contributed by atoms with van der Waals surface area (Å²) in [5, 5.41) is 6.79. The highest BCUT2D eigenvalue weighted by molar-refractivity contribution is 6.31. The molecule has 36 heavy (non-hydrogen) atoms. The van der Waals surface area contributed by atoms with Gasteiger partial charge in [-0.05, 0) is 48.0 Å². The van der Waals surface area contributed by atoms with Crippen molar-refractivity contribution in [1.82, 2.24) is 25.0 Å². The van der Waals surface area contributed by atoms with Crippen molar-refractivity contribution in [1.29, 1.82) is 0 Å². The number of rotatable bonds is 6. The predicted octanol–water partition coefficient (Wildman–Crippen LogP) is 3.66. The number of pyridine rings is 1. The summed E-state index contributed by atoms with van der Waals surface area (Å²) in [4.78, 5) is 45.4. The van der Waals surface area contributed by atoms with Crippen LogP contribution >= 0.6 is 23.2 Å². The maximum absolute atomic E-state index is 13.7. The molecular weight excluding hydrogens is 501 g/mol. The molecule has 0 bridgehead atoms. The van der Waals surface area contributed by atoms with Gasteiger partial charge in [0.15, 0.2) is 0 Å². The molecule has 0 saturated carbocycles. The minimum atomic E-state index is -0.801. The molecule has 1 aliphatic rings. The van der Waals surface area contributed by atoms with Gasteiger partial charge in [-0.2, -0.15) is 0 Å². The lowest BCUT2D eigenvalue weighted by Gasteiger charge is -2.34. The van der Waals surface area contributed by atoms with Gasteiger partial charge in [-0.1, -0.05) is 47.5 Å². The summed E-state index contributed by atoms with van der Waals surface area (Å²) >= 11 is 12.4. The molecule has 2 amide bonds. The number of fused-ring (bicyclic) bond motifs is 1. The fourth-order valence-corrected chi connectivity index (χ4v) is 4.75. The van der Waals surface area contributed by atoms with Crippen molar-refractivity contribution < 1.29 is 9.59 Å². The Morgan fingerprint density at radius 1 is 1.03 bits per heavy atom. The van der Waals surface area contributed by atoms with Crippen LogP contribution in [0.15, 0.2) is 77.7 Å². The van der Waals surface area contributed by atoms with E-state index in [0.717, 1.165) is 0 Å². The zero-order chi connectivity index (χ0) is 25.2. The topological polar surface area (TPSA) is 100 Å². The van der Waals surface area contributed by atoms with E-state index in [1.54, 1.807) is 66.9 Å². The van der Waals surface area contributed by atoms with Gasteiger partial charge in [0.25, 0.3) is 5.56 Å². The van der Waals surface area contributed by atoms with E-state index >= 15 is 0 Å². The first-order valence-corrected chi connectivity index (χ1v) is 12.0. The van der Waals surface area contributed by atoms with Crippen molar-refractivity contribution in [3.05, 3.63) is 116 Å². The Labute approximate surface area is 216 Å². The third-order valence-electron chi connectivity index (χ3n) is 5.98. The fraction of sp³-hybridized carbons (Fsp3) is 0.154. The molecule has 182 valence electrons. The largest absolute Gasteiger partial charge is 0.349 e. The standard InChI is InChI=1S/C26H21Cl2N5O3/c27-17-6-3-5-16(11-17)25-24-21(31-33(26(24)36)20-9-4-7-18(28)12-20)13-23(35)32(25)15-22(34)30-14-19-8-1-2-10-29-19/h1-12,25,31H,13-15H2,(H,30,34). The van der Waals surface area contributed by atoms with Gasteiger partial charge >= 0.3 is 0 Å². The molecule has 4 aromatic rings. The molecule has 5 rings (SSSR count). The van der Waals surface area contributed by atoms with Crippen LogP contribution in [0, 0.1) is 0 Å². The third-order valence-corrected chi connectivity index (χ3v) is 6.45. The van der Waals surface area contributed by atoms with Crippen molar-refractivity contribution in [3.8, 4) is 5.69 Å². The van der Waals surface area contributed by atoms with E-state index < -0.39 is 6.04 Å². The van der Waals surface area contributed by atoms with Gasteiger partial charge < -0.3 is 10.2 Å². The second-order valence-corrected chi connectivity index (χ2v) is 9.25. The monoisotopic (exact) mass is 521 g/mol. The molecule has 0 radical (unpaired) electrons. The maximum Gasteiger partial charge on any atom is 0.277 e. The SMILES string of the molecule is O=C(CN1C(=O)Cc2[nH]n(-c3cccc(Cl)c3)c(=O)c2C1c1cccc(Cl)c1)NCc1ccccn1. The number of hydrogen-bond acceptors (Lipinski definition) is 4. The lowest BCUT2D eigenvalue weighted by atomic mass is 9.92. The average molecular weight is 522 g/mol. The predicted molar refractivity (Wildman–Crippen MR) is 136 cm³/mol. The summed E-state index contributed by atoms with van der Waals surface area (Å²) in [6.45, 7) is -0.00934. The molecule has 8 nitrogen and oxygen atoms in total. The van der Waals surface area contributed by atoms with Gasteiger partial charge in [0.2, 0.25) is 11.8 Å². The molecule has 2 aromatic heterocycles. The number of halogens is 2. The Hall–Kier alpha value is -3.88. The van der Waals surface area contributed by atoms with Gasteiger partial charge in [0, 0.05) is 16.2 Å². The summed E-state index contributed by atoms with van der Waals surface area (Å²) in [7, 11) is 0. The summed E-state index contributed by atoms with van der Waals surface area (Å²) < 4.78 is 1.37. The molecule has 3 heterocycles. The highest BCUT2D eigenvalue weighted by atomic mass is 35.5. The van der Waals surface area contributed by atoms with E-state index in [1.807, 2.05) is 6.07 Å². The minimum Gasteiger partial charge on any atom is -0.349 e. The van der Waals surface area contributed by atoms with Crippen molar-refractivity contribution in [2.24, 2.45) is 0 Å². The van der Waals surface area contributed by atoms with Gasteiger partial charge in [0.1, 0.15) is 6.54 Å². The number of nitrogens with zero attached hydrogens (tertiary/aromatic N) is 3. The molecule has 1 unspecified atom stereocenters. The second-order valence-electron chi connectivity index (χ2n) is 8.38. The maximum atomic E-state index is 13.7. The van der Waals surface area contributed by atoms with Gasteiger partial charge in [-0.3, -0.25) is 24.5 Å². The molecular formula is C26H21Cl2N5O3. The quantitative estimate of drug-likeness (QED) is 0.404. The van der Waals surface area contributed by atoms with E-state index in [4.69, 9.17) is 23.2 Å². The number of H-pyrrole nitrogens is 1. The number of hydrogen-bond donors (Lipinski definition) is 2. The zero-order valence-corrected chi connectivity index (χ0v) is 20.5. The van der Waals surface area contributed by atoms with Crippen LogP contribution in [-0.2, 0) is 22.6 Å². The Bertz CT molecular complexity index is 1500. The minimum absolute atomic E-state index is 0.0529. The van der Waals surface area contributed by atoms with E-state index in [2.05, 4.69) is 15.4 Å². The van der Waals surface area contributed by atoms with Crippen LogP contribution in [0.5, 0.6) is 0 Å². The normalized spacial score (nSPS) is 15.0. The summed E-state index contributed by atoms with van der Waals surface area (Å²) in [5.41, 5.74) is 2.40. The molecule has 1 aliphatic heterocycles. The van der Waals surface area contributed by atoms with Crippen LogP contribution < -0.4 is 10.9 Å². The lowest BCUT2D eigenvalue weighted by molar-refractivity contribution is -0.138. The number of carbonyl (C=O) groups is 2. The molecule has 0 aliphatic carbocycles. The number of amides is 2. The highest BCUT2D eigenvalue weighted by Gasteiger charge is 2.39. The first-order valence-electron chi connectivity index (χ1n) is 11.2. The molecule has 10 heteroatoms. The summed E-state index contributed by atoms with van der Waals surface area (Å²) in [6, 6.07) is 18.4. The van der Waals surface area contributed by atoms with Crippen LogP contribution in [0.4, 0.5) is 0 Å². The number of nitrogens with one attached hydrogen (secondary N) is 2. The molecule has 0 fully saturated rings. The Balaban J connectivity index is 1.52. The Kier molecular flexibility index (Phi) is 6.63. The van der Waals surface area contributed by atoms with E-state index in [9.17, 15) is 14.4 Å². The molecule has 1 atom stereocenters. The number of aromatic amines is 1. The van der Waals surface area contributed by atoms with Crippen LogP contribution in [-0.4, -0.2) is 38.0 Å². The summed E-state index contributed by atoms with van der Waals surface area (Å²) in [5.74, 6) is -0.657. The summed E-state index contributed by atoms with van der Waals surface area (Å²) in [6.07, 6.45) is 1.59. The molecule has 2 N–H and O–H groups in total. The van der Waals surface area contributed by atoms with Crippen LogP contribution in [0.25, 0.3) is 5.69 Å². The lowest BCUT2D eigenvalue weighted by Crippen LogP contribution is -2.47. The van der Waals surface area contributed by atoms with Crippen molar-refractivity contribution in [2.45, 2.75) is 19.0 Å². The number of aromatic nitrogens is 3. The smallest absolute Gasteiger partial charge is 0.277 e. The van der Waals surface area contributed by atoms with Crippen molar-refractivity contribution >= 4 is 35.0 Å². The molecule has 0 saturated heterocycles. The first kappa shape index (κ1) is 23.8. The first-order chi connectivity index (χ1) is 17.4. The molecule has 0 spiro atoms. The van der Waals surface area contributed by atoms with E-state index in [-0.39, 0.29) is 36.9 Å². The number of benzene rings is 2. The van der Waals surface area contributed by atoms with Crippen molar-refractivity contribution in [3.63, 3.8) is 0 Å². The number of carbonyl (C=O) groups excluding carboxylic acids is 2. The van der Waals surface area contributed by atoms with E-state index in [1.165, 1.54) is 9.58 Å². The van der Waals surface area contributed by atoms with Crippen LogP contribution in [0.1, 0.15) is 28.6 Å². The zero-order valence-electron chi connectivity index (χ0n) is 18.9. The average Bonchev–Trinajstić information content (AvgIpc) is 3.19. The van der Waals surface area contributed by atoms with Crippen molar-refractivity contribution in [2.75, 3.05) is 6.54 Å². The van der Waals surface area contributed by atoms with E-state index in [0.29, 0.717) is 38.2 Å². The van der Waals surface area contributed by atoms with Crippen LogP contribution in [0.2, 0.25) is 10.0 Å². The van der Waals surface area contributed by atoms with Gasteiger partial charge in [0.05, 0.1) is 41.6 Å². The Morgan fingerprint density at radius 3 is 2.53 bits per heavy atom. The highest BCUT2D eigenvalue weighted by Crippen LogP contribution is 2.34. The Morgan fingerprint density at radius 2 is 1.81 bits per heavy atom.